The largest absolute Gasteiger partial charge is 0.485 e. The van der Waals surface area contributed by atoms with Crippen molar-refractivity contribution in [3.63, 3.8) is 0 Å². The fourth-order valence-corrected chi connectivity index (χ4v) is 8.83. The van der Waals surface area contributed by atoms with E-state index < -0.39 is 0 Å². The monoisotopic (exact) mass is 680 g/mol. The Morgan fingerprint density at radius 2 is 1.21 bits per heavy atom. The Bertz CT molecular complexity index is 2700. The zero-order valence-corrected chi connectivity index (χ0v) is 29.1. The van der Waals surface area contributed by atoms with Crippen molar-refractivity contribution in [3.05, 3.63) is 205 Å². The molecule has 0 bridgehead atoms. The first-order valence-corrected chi connectivity index (χ1v) is 18.6. The van der Waals surface area contributed by atoms with Gasteiger partial charge in [0.25, 0.3) is 0 Å². The van der Waals surface area contributed by atoms with Crippen LogP contribution < -0.4 is 15.0 Å². The highest BCUT2D eigenvalue weighted by atomic mass is 16.5. The molecular formula is C50H36N2O. The number of fused-ring (bicyclic) bond motifs is 8. The summed E-state index contributed by atoms with van der Waals surface area (Å²) in [5, 5.41) is 8.69. The lowest BCUT2D eigenvalue weighted by atomic mass is 9.86. The van der Waals surface area contributed by atoms with Crippen molar-refractivity contribution in [1.82, 2.24) is 0 Å². The van der Waals surface area contributed by atoms with Gasteiger partial charge >= 0.3 is 0 Å². The van der Waals surface area contributed by atoms with Crippen LogP contribution in [0.1, 0.15) is 23.0 Å². The second-order valence-electron chi connectivity index (χ2n) is 14.5. The molecule has 2 aliphatic heterocycles. The number of anilines is 3. The predicted molar refractivity (Wildman–Crippen MR) is 220 cm³/mol. The summed E-state index contributed by atoms with van der Waals surface area (Å²) in [5.41, 5.74) is 12.1. The molecule has 2 aliphatic carbocycles. The summed E-state index contributed by atoms with van der Waals surface area (Å²) in [6.45, 7) is 0. The zero-order valence-electron chi connectivity index (χ0n) is 29.1. The standard InChI is InChI=1S/C50H36N2O/c1-2-9-35-28-38(17-16-32(35)8-1)33-18-22-39(23-19-33)52(41-26-27-43-45-29-36-10-3-4-11-37(36)30-48(45)53-49(43)31-41)40-24-20-34(21-25-40)42-13-7-15-47-50(42)44-12-5-6-14-46(44)51-47/h1-31,43-44,46,49,51H. The van der Waals surface area contributed by atoms with E-state index in [0.717, 1.165) is 22.8 Å². The molecule has 0 radical (unpaired) electrons. The molecule has 7 aromatic rings. The number of benzene rings is 7. The Morgan fingerprint density at radius 3 is 2.00 bits per heavy atom. The van der Waals surface area contributed by atoms with Gasteiger partial charge < -0.3 is 15.0 Å². The van der Waals surface area contributed by atoms with Crippen molar-refractivity contribution in [1.29, 1.82) is 0 Å². The minimum atomic E-state index is -0.0783. The minimum absolute atomic E-state index is 0.0783. The van der Waals surface area contributed by atoms with Crippen molar-refractivity contribution < 1.29 is 4.74 Å². The fourth-order valence-electron chi connectivity index (χ4n) is 8.83. The van der Waals surface area contributed by atoms with Crippen molar-refractivity contribution in [2.24, 2.45) is 0 Å². The number of rotatable bonds is 5. The van der Waals surface area contributed by atoms with E-state index in [1.807, 2.05) is 0 Å². The second kappa shape index (κ2) is 12.0. The highest BCUT2D eigenvalue weighted by Gasteiger charge is 2.35. The molecule has 4 atom stereocenters. The first-order chi connectivity index (χ1) is 26.2. The Hall–Kier alpha value is -6.58. The van der Waals surface area contributed by atoms with Crippen LogP contribution in [0.2, 0.25) is 0 Å². The lowest BCUT2D eigenvalue weighted by Crippen LogP contribution is -2.24. The van der Waals surface area contributed by atoms with Crippen LogP contribution in [0.3, 0.4) is 0 Å². The summed E-state index contributed by atoms with van der Waals surface area (Å²) >= 11 is 0. The molecule has 2 heterocycles. The Morgan fingerprint density at radius 1 is 0.528 bits per heavy atom. The fraction of sp³-hybridized carbons (Fsp3) is 0.0800. The third kappa shape index (κ3) is 5.03. The van der Waals surface area contributed by atoms with Crippen molar-refractivity contribution in [2.75, 3.05) is 10.2 Å². The van der Waals surface area contributed by atoms with E-state index in [2.05, 4.69) is 198 Å². The maximum atomic E-state index is 6.68. The molecule has 0 amide bonds. The van der Waals surface area contributed by atoms with Crippen LogP contribution in [0, 0.1) is 0 Å². The molecule has 0 saturated heterocycles. The molecule has 4 aliphatic rings. The van der Waals surface area contributed by atoms with Crippen molar-refractivity contribution in [2.45, 2.75) is 24.0 Å². The van der Waals surface area contributed by atoms with Gasteiger partial charge in [0.15, 0.2) is 0 Å². The van der Waals surface area contributed by atoms with Gasteiger partial charge in [-0.05, 0) is 110 Å². The maximum absolute atomic E-state index is 6.68. The van der Waals surface area contributed by atoms with Gasteiger partial charge in [0.1, 0.15) is 11.9 Å². The lowest BCUT2D eigenvalue weighted by Gasteiger charge is -2.30. The van der Waals surface area contributed by atoms with Crippen molar-refractivity contribution >= 4 is 38.6 Å². The highest BCUT2D eigenvalue weighted by molar-refractivity contribution is 5.88. The number of hydrogen-bond acceptors (Lipinski definition) is 3. The molecule has 0 saturated carbocycles. The number of allylic oxidation sites excluding steroid dienone is 3. The number of nitrogens with one attached hydrogen (secondary N) is 1. The molecule has 11 rings (SSSR count). The van der Waals surface area contributed by atoms with Crippen LogP contribution in [-0.4, -0.2) is 12.1 Å². The van der Waals surface area contributed by atoms with Gasteiger partial charge in [-0.1, -0.05) is 127 Å². The van der Waals surface area contributed by atoms with Gasteiger partial charge in [-0.25, -0.2) is 0 Å². The average Bonchev–Trinajstić information content (AvgIpc) is 3.78. The number of ether oxygens (including phenoxy) is 1. The van der Waals surface area contributed by atoms with E-state index in [0.29, 0.717) is 12.0 Å². The van der Waals surface area contributed by atoms with Gasteiger partial charge in [0.05, 0.1) is 6.04 Å². The average molecular weight is 681 g/mol. The lowest BCUT2D eigenvalue weighted by molar-refractivity contribution is 0.268. The molecule has 4 unspecified atom stereocenters. The molecular weight excluding hydrogens is 645 g/mol. The summed E-state index contributed by atoms with van der Waals surface area (Å²) in [4.78, 5) is 2.37. The Kier molecular flexibility index (Phi) is 6.81. The molecule has 3 heteroatoms. The van der Waals surface area contributed by atoms with E-state index in [1.54, 1.807) is 0 Å². The van der Waals surface area contributed by atoms with Crippen LogP contribution >= 0.6 is 0 Å². The molecule has 0 aromatic heterocycles. The van der Waals surface area contributed by atoms with Gasteiger partial charge in [0.2, 0.25) is 0 Å². The predicted octanol–water partition coefficient (Wildman–Crippen LogP) is 12.5. The molecule has 0 fully saturated rings. The van der Waals surface area contributed by atoms with E-state index in [9.17, 15) is 0 Å². The summed E-state index contributed by atoms with van der Waals surface area (Å²) in [6.07, 6.45) is 15.7. The van der Waals surface area contributed by atoms with Crippen molar-refractivity contribution in [3.8, 4) is 28.0 Å². The third-order valence-corrected chi connectivity index (χ3v) is 11.5. The maximum Gasteiger partial charge on any atom is 0.130 e. The van der Waals surface area contributed by atoms with E-state index in [-0.39, 0.29) is 12.0 Å². The Balaban J connectivity index is 0.972. The van der Waals surface area contributed by atoms with Crippen LogP contribution in [-0.2, 0) is 0 Å². The molecule has 7 aromatic carbocycles. The van der Waals surface area contributed by atoms with Crippen LogP contribution in [0.5, 0.6) is 5.75 Å². The van der Waals surface area contributed by atoms with E-state index in [4.69, 9.17) is 4.74 Å². The van der Waals surface area contributed by atoms with E-state index >= 15 is 0 Å². The summed E-state index contributed by atoms with van der Waals surface area (Å²) < 4.78 is 6.68. The van der Waals surface area contributed by atoms with E-state index in [1.165, 1.54) is 60.6 Å². The number of nitrogens with zero attached hydrogens (tertiary/aromatic N) is 1. The smallest absolute Gasteiger partial charge is 0.130 e. The Labute approximate surface area is 309 Å². The zero-order chi connectivity index (χ0) is 34.9. The van der Waals surface area contributed by atoms with Gasteiger partial charge in [-0.3, -0.25) is 0 Å². The number of hydrogen-bond donors (Lipinski definition) is 1. The first-order valence-electron chi connectivity index (χ1n) is 18.6. The minimum Gasteiger partial charge on any atom is -0.485 e. The second-order valence-corrected chi connectivity index (χ2v) is 14.5. The van der Waals surface area contributed by atoms with Gasteiger partial charge in [-0.15, -0.1) is 0 Å². The molecule has 53 heavy (non-hydrogen) atoms. The normalized spacial score (nSPS) is 20.3. The topological polar surface area (TPSA) is 24.5 Å². The summed E-state index contributed by atoms with van der Waals surface area (Å²) in [7, 11) is 0. The molecule has 0 spiro atoms. The van der Waals surface area contributed by atoms with Crippen LogP contribution in [0.25, 0.3) is 43.8 Å². The highest BCUT2D eigenvalue weighted by Crippen LogP contribution is 2.47. The SMILES string of the molecule is C1=CC2Nc3cccc(-c4ccc(N(C5=CC6Oc7cc8ccccc8cc7C6C=C5)c5ccc(-c6ccc7ccccc7c6)cc5)cc4)c3C2C=C1. The summed E-state index contributed by atoms with van der Waals surface area (Å²) in [5.74, 6) is 1.49. The molecule has 1 N–H and O–H groups in total. The first kappa shape index (κ1) is 30.1. The third-order valence-electron chi connectivity index (χ3n) is 11.5. The van der Waals surface area contributed by atoms with Gasteiger partial charge in [0, 0.05) is 40.2 Å². The quantitative estimate of drug-likeness (QED) is 0.196. The molecule has 3 nitrogen and oxygen atoms in total. The van der Waals surface area contributed by atoms with Gasteiger partial charge in [-0.2, -0.15) is 0 Å². The molecule has 252 valence electrons. The summed E-state index contributed by atoms with van der Waals surface area (Å²) in [6, 6.07) is 53.3. The van der Waals surface area contributed by atoms with Crippen LogP contribution in [0.4, 0.5) is 17.1 Å². The van der Waals surface area contributed by atoms with Crippen LogP contribution in [0.15, 0.2) is 194 Å².